The number of nitrogens with zero attached hydrogens (tertiary/aromatic N) is 3. The van der Waals surface area contributed by atoms with Gasteiger partial charge in [0.2, 0.25) is 0 Å². The highest BCUT2D eigenvalue weighted by Gasteiger charge is 2.23. The van der Waals surface area contributed by atoms with Crippen molar-refractivity contribution >= 4 is 6.03 Å². The van der Waals surface area contributed by atoms with Crippen LogP contribution in [-0.2, 0) is 16.1 Å². The minimum Gasteiger partial charge on any atom is -0.385 e. The minimum absolute atomic E-state index is 0.0120. The number of carbonyl (C=O) groups is 1. The monoisotopic (exact) mass is 312 g/mol. The molecule has 1 aromatic heterocycles. The molecule has 1 aromatic rings. The number of amides is 2. The summed E-state index contributed by atoms with van der Waals surface area (Å²) >= 11 is 0. The normalized spacial score (nSPS) is 16.0. The fourth-order valence-corrected chi connectivity index (χ4v) is 2.34. The molecule has 0 aromatic carbocycles. The topological polar surface area (TPSA) is 89.7 Å². The summed E-state index contributed by atoms with van der Waals surface area (Å²) in [6.07, 6.45) is 2.59. The first-order chi connectivity index (χ1) is 10.7. The summed E-state index contributed by atoms with van der Waals surface area (Å²) in [4.78, 5) is 17.9. The minimum atomic E-state index is -0.0120. The van der Waals surface area contributed by atoms with Crippen molar-refractivity contribution in [2.24, 2.45) is 0 Å². The van der Waals surface area contributed by atoms with Crippen LogP contribution in [0.5, 0.6) is 0 Å². The molecule has 0 spiro atoms. The van der Waals surface area contributed by atoms with Crippen molar-refractivity contribution in [1.29, 1.82) is 0 Å². The molecule has 0 unspecified atom stereocenters. The largest absolute Gasteiger partial charge is 0.385 e. The summed E-state index contributed by atoms with van der Waals surface area (Å²) < 4.78 is 15.7. The molecule has 0 radical (unpaired) electrons. The summed E-state index contributed by atoms with van der Waals surface area (Å²) in [5, 5.41) is 6.62. The molecule has 124 valence electrons. The third-order valence-corrected chi connectivity index (χ3v) is 3.54. The lowest BCUT2D eigenvalue weighted by Gasteiger charge is -2.31. The molecule has 2 heterocycles. The zero-order valence-corrected chi connectivity index (χ0v) is 13.2. The maximum atomic E-state index is 11.9. The smallest absolute Gasteiger partial charge is 0.317 e. The molecule has 0 atom stereocenters. The Labute approximate surface area is 130 Å². The van der Waals surface area contributed by atoms with Crippen LogP contribution in [0.4, 0.5) is 4.79 Å². The fraction of sp³-hybridized carbons (Fsp3) is 0.786. The fourth-order valence-electron chi connectivity index (χ4n) is 2.34. The van der Waals surface area contributed by atoms with Crippen LogP contribution in [0.1, 0.15) is 31.0 Å². The molecule has 0 saturated carbocycles. The van der Waals surface area contributed by atoms with E-state index in [1.807, 2.05) is 4.90 Å². The van der Waals surface area contributed by atoms with Crippen LogP contribution in [-0.4, -0.2) is 60.5 Å². The van der Waals surface area contributed by atoms with E-state index in [1.165, 1.54) is 0 Å². The highest BCUT2D eigenvalue weighted by Crippen LogP contribution is 2.15. The van der Waals surface area contributed by atoms with E-state index in [2.05, 4.69) is 15.5 Å². The maximum Gasteiger partial charge on any atom is 0.317 e. The van der Waals surface area contributed by atoms with Crippen LogP contribution < -0.4 is 5.32 Å². The molecule has 22 heavy (non-hydrogen) atoms. The first kappa shape index (κ1) is 16.7. The van der Waals surface area contributed by atoms with Crippen molar-refractivity contribution in [2.45, 2.75) is 38.9 Å². The summed E-state index contributed by atoms with van der Waals surface area (Å²) in [6, 6.07) is -0.0120. The van der Waals surface area contributed by atoms with E-state index >= 15 is 0 Å². The van der Waals surface area contributed by atoms with E-state index in [0.29, 0.717) is 44.6 Å². The Morgan fingerprint density at radius 1 is 1.45 bits per heavy atom. The van der Waals surface area contributed by atoms with Crippen molar-refractivity contribution in [2.75, 3.05) is 33.4 Å². The predicted molar refractivity (Wildman–Crippen MR) is 78.3 cm³/mol. The van der Waals surface area contributed by atoms with E-state index in [-0.39, 0.29) is 12.1 Å². The summed E-state index contributed by atoms with van der Waals surface area (Å²) in [7, 11) is 1.65. The predicted octanol–water partition coefficient (Wildman–Crippen LogP) is 1.11. The zero-order valence-electron chi connectivity index (χ0n) is 13.2. The number of rotatable bonds is 7. The lowest BCUT2D eigenvalue weighted by Crippen LogP contribution is -2.46. The van der Waals surface area contributed by atoms with Gasteiger partial charge < -0.3 is 24.2 Å². The van der Waals surface area contributed by atoms with Crippen molar-refractivity contribution in [3.63, 3.8) is 0 Å². The molecule has 8 nitrogen and oxygen atoms in total. The first-order valence-electron chi connectivity index (χ1n) is 7.61. The van der Waals surface area contributed by atoms with Gasteiger partial charge in [0.25, 0.3) is 5.89 Å². The number of aryl methyl sites for hydroxylation is 1. The Bertz CT molecular complexity index is 457. The van der Waals surface area contributed by atoms with Crippen molar-refractivity contribution in [3.8, 4) is 0 Å². The number of nitrogens with one attached hydrogen (secondary N) is 1. The van der Waals surface area contributed by atoms with Gasteiger partial charge in [-0.3, -0.25) is 0 Å². The van der Waals surface area contributed by atoms with Gasteiger partial charge in [0, 0.05) is 33.4 Å². The SMILES string of the molecule is COCCCNC(=O)N1CCC(OCc2nc(C)no2)CC1. The van der Waals surface area contributed by atoms with E-state index < -0.39 is 0 Å². The van der Waals surface area contributed by atoms with Crippen molar-refractivity contribution < 1.29 is 18.8 Å². The van der Waals surface area contributed by atoms with Crippen LogP contribution in [0, 0.1) is 6.92 Å². The number of likely N-dealkylation sites (tertiary alicyclic amines) is 1. The standard InChI is InChI=1S/C14H24N4O4/c1-11-16-13(22-17-11)10-21-12-4-7-18(8-5-12)14(19)15-6-3-9-20-2/h12H,3-10H2,1-2H3,(H,15,19). The average Bonchev–Trinajstić information content (AvgIpc) is 2.95. The number of urea groups is 1. The number of ether oxygens (including phenoxy) is 2. The average molecular weight is 312 g/mol. The number of methoxy groups -OCH3 is 1. The molecule has 1 aliphatic rings. The molecule has 0 aliphatic carbocycles. The zero-order chi connectivity index (χ0) is 15.8. The molecule has 1 N–H and O–H groups in total. The molecule has 0 bridgehead atoms. The van der Waals surface area contributed by atoms with Crippen molar-refractivity contribution in [1.82, 2.24) is 20.4 Å². The Morgan fingerprint density at radius 2 is 2.23 bits per heavy atom. The molecular formula is C14H24N4O4. The molecular weight excluding hydrogens is 288 g/mol. The van der Waals surface area contributed by atoms with Gasteiger partial charge >= 0.3 is 6.03 Å². The number of aromatic nitrogens is 2. The summed E-state index contributed by atoms with van der Waals surface area (Å²) in [5.74, 6) is 1.11. The quantitative estimate of drug-likeness (QED) is 0.758. The number of carbonyl (C=O) groups excluding carboxylic acids is 1. The highest BCUT2D eigenvalue weighted by atomic mass is 16.5. The summed E-state index contributed by atoms with van der Waals surface area (Å²) in [6.45, 7) is 4.80. The van der Waals surface area contributed by atoms with Crippen LogP contribution >= 0.6 is 0 Å². The van der Waals surface area contributed by atoms with Gasteiger partial charge in [0.05, 0.1) is 6.10 Å². The Hall–Kier alpha value is -1.67. The Balaban J connectivity index is 1.61. The molecule has 1 aliphatic heterocycles. The van der Waals surface area contributed by atoms with E-state index in [0.717, 1.165) is 19.3 Å². The Kier molecular flexibility index (Phi) is 6.60. The van der Waals surface area contributed by atoms with Gasteiger partial charge in [-0.15, -0.1) is 0 Å². The second kappa shape index (κ2) is 8.70. The van der Waals surface area contributed by atoms with Gasteiger partial charge in [-0.05, 0) is 26.2 Å². The number of hydrogen-bond acceptors (Lipinski definition) is 6. The summed E-state index contributed by atoms with van der Waals surface area (Å²) in [5.41, 5.74) is 0. The number of hydrogen-bond donors (Lipinski definition) is 1. The van der Waals surface area contributed by atoms with E-state index in [9.17, 15) is 4.79 Å². The highest BCUT2D eigenvalue weighted by molar-refractivity contribution is 5.74. The molecule has 2 rings (SSSR count). The number of piperidine rings is 1. The van der Waals surface area contributed by atoms with Crippen LogP contribution in [0.15, 0.2) is 4.52 Å². The van der Waals surface area contributed by atoms with Gasteiger partial charge in [-0.2, -0.15) is 4.98 Å². The van der Waals surface area contributed by atoms with Gasteiger partial charge in [-0.25, -0.2) is 4.79 Å². The van der Waals surface area contributed by atoms with E-state index in [4.69, 9.17) is 14.0 Å². The first-order valence-corrected chi connectivity index (χ1v) is 7.61. The third kappa shape index (κ3) is 5.27. The van der Waals surface area contributed by atoms with Crippen LogP contribution in [0.3, 0.4) is 0 Å². The molecule has 2 amide bonds. The van der Waals surface area contributed by atoms with Crippen LogP contribution in [0.2, 0.25) is 0 Å². The lowest BCUT2D eigenvalue weighted by atomic mass is 10.1. The molecule has 1 saturated heterocycles. The third-order valence-electron chi connectivity index (χ3n) is 3.54. The second-order valence-electron chi connectivity index (χ2n) is 5.31. The van der Waals surface area contributed by atoms with Gasteiger partial charge in [0.15, 0.2) is 5.82 Å². The lowest BCUT2D eigenvalue weighted by molar-refractivity contribution is -0.00611. The molecule has 8 heteroatoms. The Morgan fingerprint density at radius 3 is 2.86 bits per heavy atom. The van der Waals surface area contributed by atoms with Crippen LogP contribution in [0.25, 0.3) is 0 Å². The van der Waals surface area contributed by atoms with Gasteiger partial charge in [0.1, 0.15) is 6.61 Å². The van der Waals surface area contributed by atoms with E-state index in [1.54, 1.807) is 14.0 Å². The van der Waals surface area contributed by atoms with Crippen molar-refractivity contribution in [3.05, 3.63) is 11.7 Å². The maximum absolute atomic E-state index is 11.9. The second-order valence-corrected chi connectivity index (χ2v) is 5.31. The molecule has 1 fully saturated rings. The van der Waals surface area contributed by atoms with Gasteiger partial charge in [-0.1, -0.05) is 5.16 Å².